The van der Waals surface area contributed by atoms with Crippen LogP contribution in [0.4, 0.5) is 0 Å². The molecule has 94 valence electrons. The zero-order chi connectivity index (χ0) is 12.3. The summed E-state index contributed by atoms with van der Waals surface area (Å²) in [5, 5.41) is 0.459. The highest BCUT2D eigenvalue weighted by molar-refractivity contribution is 8.06. The second-order valence-corrected chi connectivity index (χ2v) is 6.94. The molecule has 0 saturated carbocycles. The fraction of sp³-hybridized carbons (Fsp3) is 0.667. The standard InChI is InChI=1S/C12H19N3S2/c1-8(13)5-10-6-9(2)14-12(15-10)11-7-16-3-4-17-11/h6,8,11H,3-5,7,13H2,1-2H3. The second-order valence-electron chi connectivity index (χ2n) is 4.47. The van der Waals surface area contributed by atoms with Crippen LogP contribution in [0.2, 0.25) is 0 Å². The Hall–Kier alpha value is -0.260. The second kappa shape index (κ2) is 6.07. The van der Waals surface area contributed by atoms with E-state index in [2.05, 4.69) is 9.97 Å². The van der Waals surface area contributed by atoms with Crippen LogP contribution in [-0.4, -0.2) is 33.3 Å². The van der Waals surface area contributed by atoms with Crippen molar-refractivity contribution in [1.82, 2.24) is 9.97 Å². The zero-order valence-corrected chi connectivity index (χ0v) is 12.0. The van der Waals surface area contributed by atoms with E-state index in [9.17, 15) is 0 Å². The normalized spacial score (nSPS) is 22.4. The smallest absolute Gasteiger partial charge is 0.142 e. The molecule has 0 aliphatic carbocycles. The topological polar surface area (TPSA) is 51.8 Å². The Morgan fingerprint density at radius 2 is 2.29 bits per heavy atom. The Morgan fingerprint density at radius 3 is 2.94 bits per heavy atom. The molecule has 2 atom stereocenters. The van der Waals surface area contributed by atoms with Crippen molar-refractivity contribution in [1.29, 1.82) is 0 Å². The fourth-order valence-electron chi connectivity index (χ4n) is 1.87. The maximum absolute atomic E-state index is 5.83. The van der Waals surface area contributed by atoms with Gasteiger partial charge >= 0.3 is 0 Å². The summed E-state index contributed by atoms with van der Waals surface area (Å²) in [6.07, 6.45) is 0.834. The lowest BCUT2D eigenvalue weighted by atomic mass is 10.1. The molecule has 0 radical (unpaired) electrons. The third-order valence-electron chi connectivity index (χ3n) is 2.56. The number of thioether (sulfide) groups is 2. The summed E-state index contributed by atoms with van der Waals surface area (Å²) >= 11 is 3.97. The minimum atomic E-state index is 0.158. The summed E-state index contributed by atoms with van der Waals surface area (Å²) in [5.41, 5.74) is 7.97. The van der Waals surface area contributed by atoms with E-state index in [0.717, 1.165) is 29.4 Å². The Morgan fingerprint density at radius 1 is 1.47 bits per heavy atom. The molecule has 2 heterocycles. The van der Waals surface area contributed by atoms with Gasteiger partial charge in [0.15, 0.2) is 0 Å². The third kappa shape index (κ3) is 3.86. The van der Waals surface area contributed by atoms with Crippen LogP contribution in [0.3, 0.4) is 0 Å². The van der Waals surface area contributed by atoms with Crippen molar-refractivity contribution < 1.29 is 0 Å². The maximum Gasteiger partial charge on any atom is 0.142 e. The van der Waals surface area contributed by atoms with Gasteiger partial charge in [0, 0.05) is 41.1 Å². The van der Waals surface area contributed by atoms with E-state index in [1.165, 1.54) is 11.5 Å². The van der Waals surface area contributed by atoms with E-state index in [1.54, 1.807) is 0 Å². The molecule has 0 bridgehead atoms. The number of nitrogens with zero attached hydrogens (tertiary/aromatic N) is 2. The molecule has 1 aliphatic rings. The largest absolute Gasteiger partial charge is 0.328 e. The van der Waals surface area contributed by atoms with Gasteiger partial charge in [-0.1, -0.05) is 0 Å². The first-order valence-electron chi connectivity index (χ1n) is 5.94. The summed E-state index contributed by atoms with van der Waals surface area (Å²) in [7, 11) is 0. The van der Waals surface area contributed by atoms with Crippen molar-refractivity contribution in [2.45, 2.75) is 31.6 Å². The van der Waals surface area contributed by atoms with Gasteiger partial charge in [-0.2, -0.15) is 11.8 Å². The SMILES string of the molecule is Cc1cc(CC(C)N)nc(C2CSCCS2)n1. The monoisotopic (exact) mass is 269 g/mol. The first-order valence-corrected chi connectivity index (χ1v) is 8.15. The van der Waals surface area contributed by atoms with Crippen LogP contribution < -0.4 is 5.73 Å². The van der Waals surface area contributed by atoms with Gasteiger partial charge in [0.25, 0.3) is 0 Å². The van der Waals surface area contributed by atoms with E-state index in [4.69, 9.17) is 5.73 Å². The first-order chi connectivity index (χ1) is 8.15. The van der Waals surface area contributed by atoms with Crippen LogP contribution in [0.1, 0.15) is 29.4 Å². The van der Waals surface area contributed by atoms with Crippen molar-refractivity contribution in [3.63, 3.8) is 0 Å². The van der Waals surface area contributed by atoms with Crippen molar-refractivity contribution in [3.8, 4) is 0 Å². The average molecular weight is 269 g/mol. The molecule has 17 heavy (non-hydrogen) atoms. The van der Waals surface area contributed by atoms with Gasteiger partial charge in [0.1, 0.15) is 5.82 Å². The molecule has 1 fully saturated rings. The van der Waals surface area contributed by atoms with E-state index in [1.807, 2.05) is 43.4 Å². The van der Waals surface area contributed by atoms with Gasteiger partial charge in [-0.15, -0.1) is 11.8 Å². The van der Waals surface area contributed by atoms with Gasteiger partial charge < -0.3 is 5.73 Å². The molecular weight excluding hydrogens is 250 g/mol. The summed E-state index contributed by atoms with van der Waals surface area (Å²) in [6.45, 7) is 4.05. The molecule has 0 spiro atoms. The number of rotatable bonds is 3. The van der Waals surface area contributed by atoms with E-state index < -0.39 is 0 Å². The van der Waals surface area contributed by atoms with E-state index in [-0.39, 0.29) is 6.04 Å². The molecule has 1 aliphatic heterocycles. The number of aromatic nitrogens is 2. The van der Waals surface area contributed by atoms with Crippen LogP contribution in [-0.2, 0) is 6.42 Å². The molecule has 0 aromatic carbocycles. The van der Waals surface area contributed by atoms with Crippen molar-refractivity contribution in [2.24, 2.45) is 5.73 Å². The lowest BCUT2D eigenvalue weighted by molar-refractivity contribution is 0.709. The molecule has 1 saturated heterocycles. The van der Waals surface area contributed by atoms with E-state index >= 15 is 0 Å². The molecule has 0 amide bonds. The molecular formula is C12H19N3S2. The average Bonchev–Trinajstić information content (AvgIpc) is 2.28. The summed E-state index contributed by atoms with van der Waals surface area (Å²) in [5.74, 6) is 4.58. The van der Waals surface area contributed by atoms with Gasteiger partial charge in [0.05, 0.1) is 5.25 Å². The lowest BCUT2D eigenvalue weighted by Crippen LogP contribution is -2.20. The van der Waals surface area contributed by atoms with Crippen LogP contribution in [0.15, 0.2) is 6.07 Å². The maximum atomic E-state index is 5.83. The van der Waals surface area contributed by atoms with Crippen LogP contribution in [0.5, 0.6) is 0 Å². The highest BCUT2D eigenvalue weighted by Crippen LogP contribution is 2.35. The Kier molecular flexibility index (Phi) is 4.70. The zero-order valence-electron chi connectivity index (χ0n) is 10.3. The molecule has 1 aromatic heterocycles. The first kappa shape index (κ1) is 13.2. The van der Waals surface area contributed by atoms with Crippen LogP contribution >= 0.6 is 23.5 Å². The number of hydrogen-bond acceptors (Lipinski definition) is 5. The highest BCUT2D eigenvalue weighted by Gasteiger charge is 2.20. The quantitative estimate of drug-likeness (QED) is 0.911. The fourth-order valence-corrected chi connectivity index (χ4v) is 4.47. The molecule has 3 nitrogen and oxygen atoms in total. The van der Waals surface area contributed by atoms with Crippen molar-refractivity contribution >= 4 is 23.5 Å². The highest BCUT2D eigenvalue weighted by atomic mass is 32.2. The molecule has 2 unspecified atom stereocenters. The van der Waals surface area contributed by atoms with E-state index in [0.29, 0.717) is 5.25 Å². The minimum absolute atomic E-state index is 0.158. The van der Waals surface area contributed by atoms with Gasteiger partial charge in [0.2, 0.25) is 0 Å². The van der Waals surface area contributed by atoms with Crippen molar-refractivity contribution in [3.05, 3.63) is 23.3 Å². The molecule has 1 aromatic rings. The number of aryl methyl sites for hydroxylation is 1. The van der Waals surface area contributed by atoms with Crippen molar-refractivity contribution in [2.75, 3.05) is 17.3 Å². The number of hydrogen-bond donors (Lipinski definition) is 1. The van der Waals surface area contributed by atoms with Gasteiger partial charge in [-0.3, -0.25) is 0 Å². The Balaban J connectivity index is 2.18. The molecule has 5 heteroatoms. The molecule has 2 N–H and O–H groups in total. The lowest BCUT2D eigenvalue weighted by Gasteiger charge is -2.20. The summed E-state index contributed by atoms with van der Waals surface area (Å²) in [6, 6.07) is 2.21. The van der Waals surface area contributed by atoms with Crippen LogP contribution in [0, 0.1) is 6.92 Å². The summed E-state index contributed by atoms with van der Waals surface area (Å²) in [4.78, 5) is 9.25. The summed E-state index contributed by atoms with van der Waals surface area (Å²) < 4.78 is 0. The third-order valence-corrected chi connectivity index (χ3v) is 5.31. The van der Waals surface area contributed by atoms with Gasteiger partial charge in [-0.25, -0.2) is 9.97 Å². The van der Waals surface area contributed by atoms with Gasteiger partial charge in [-0.05, 0) is 19.9 Å². The predicted octanol–water partition coefficient (Wildman–Crippen LogP) is 2.20. The predicted molar refractivity (Wildman–Crippen MR) is 76.6 cm³/mol. The number of nitrogens with two attached hydrogens (primary N) is 1. The Bertz CT molecular complexity index is 376. The molecule has 2 rings (SSSR count). The Labute approximate surface area is 111 Å². The van der Waals surface area contributed by atoms with Crippen LogP contribution in [0.25, 0.3) is 0 Å². The minimum Gasteiger partial charge on any atom is -0.328 e.